The Morgan fingerprint density at radius 2 is 1.87 bits per heavy atom. The highest BCUT2D eigenvalue weighted by Crippen LogP contribution is 2.28. The quantitative estimate of drug-likeness (QED) is 0.850. The van der Waals surface area contributed by atoms with Crippen LogP contribution in [0.3, 0.4) is 0 Å². The van der Waals surface area contributed by atoms with Gasteiger partial charge in [-0.3, -0.25) is 0 Å². The van der Waals surface area contributed by atoms with E-state index in [1.807, 2.05) is 6.07 Å². The van der Waals surface area contributed by atoms with Crippen LogP contribution < -0.4 is 5.73 Å². The number of benzene rings is 1. The Morgan fingerprint density at radius 1 is 1.27 bits per heavy atom. The van der Waals surface area contributed by atoms with Crippen molar-refractivity contribution in [3.8, 4) is 0 Å². The van der Waals surface area contributed by atoms with Gasteiger partial charge in [0.1, 0.15) is 0 Å². The van der Waals surface area contributed by atoms with E-state index in [1.165, 1.54) is 0 Å². The van der Waals surface area contributed by atoms with Crippen LogP contribution in [0.5, 0.6) is 0 Å². The van der Waals surface area contributed by atoms with Gasteiger partial charge in [-0.25, -0.2) is 8.78 Å². The number of alkyl halides is 2. The number of nitrogens with two attached hydrogens (primary N) is 1. The van der Waals surface area contributed by atoms with E-state index in [2.05, 4.69) is 31.9 Å². The van der Waals surface area contributed by atoms with Gasteiger partial charge in [0.25, 0.3) is 0 Å². The van der Waals surface area contributed by atoms with Crippen molar-refractivity contribution in [2.24, 2.45) is 5.73 Å². The van der Waals surface area contributed by atoms with E-state index in [1.54, 1.807) is 12.1 Å². The number of rotatable bonds is 3. The Morgan fingerprint density at radius 3 is 2.40 bits per heavy atom. The van der Waals surface area contributed by atoms with Crippen molar-refractivity contribution in [2.75, 3.05) is 0 Å². The van der Waals surface area contributed by atoms with E-state index in [-0.39, 0.29) is 18.8 Å². The zero-order valence-corrected chi connectivity index (χ0v) is 11.6. The van der Waals surface area contributed by atoms with E-state index < -0.39 is 12.5 Å². The summed E-state index contributed by atoms with van der Waals surface area (Å²) >= 11 is 6.54. The van der Waals surface area contributed by atoms with Gasteiger partial charge < -0.3 is 5.73 Å². The predicted octanol–water partition coefficient (Wildman–Crippen LogP) is 4.29. The summed E-state index contributed by atoms with van der Waals surface area (Å²) in [6.07, 6.45) is -2.70. The number of halogens is 5. The van der Waals surface area contributed by atoms with Crippen molar-refractivity contribution in [1.82, 2.24) is 0 Å². The molecule has 0 amide bonds. The molecule has 1 aromatic carbocycles. The fourth-order valence-corrected chi connectivity index (χ4v) is 2.04. The van der Waals surface area contributed by atoms with E-state index in [0.717, 1.165) is 8.95 Å². The first-order valence-electron chi connectivity index (χ1n) is 3.99. The molecule has 6 heteroatoms. The third-order valence-electron chi connectivity index (χ3n) is 1.79. The fraction of sp³-hybridized carbons (Fsp3) is 0.333. The summed E-state index contributed by atoms with van der Waals surface area (Å²) in [6.45, 7) is 0. The topological polar surface area (TPSA) is 26.0 Å². The minimum atomic E-state index is -2.38. The fourth-order valence-electron chi connectivity index (χ4n) is 1.12. The second-order valence-corrected chi connectivity index (χ2v) is 4.67. The van der Waals surface area contributed by atoms with Crippen molar-refractivity contribution < 1.29 is 8.78 Å². The monoisotopic (exact) mass is 363 g/mol. The summed E-state index contributed by atoms with van der Waals surface area (Å²) in [5, 5.41) is 0. The van der Waals surface area contributed by atoms with Crippen LogP contribution in [0.1, 0.15) is 18.0 Å². The van der Waals surface area contributed by atoms with Gasteiger partial charge in [-0.05, 0) is 23.8 Å². The smallest absolute Gasteiger partial charge is 0.240 e. The Kier molecular flexibility index (Phi) is 6.91. The van der Waals surface area contributed by atoms with Crippen molar-refractivity contribution >= 4 is 44.3 Å². The van der Waals surface area contributed by atoms with Crippen LogP contribution in [0.2, 0.25) is 0 Å². The van der Waals surface area contributed by atoms with Crippen LogP contribution in [0.15, 0.2) is 27.1 Å². The van der Waals surface area contributed by atoms with Gasteiger partial charge in [0, 0.05) is 21.4 Å². The lowest BCUT2D eigenvalue weighted by Crippen LogP contribution is -2.14. The molecule has 0 bridgehead atoms. The van der Waals surface area contributed by atoms with Gasteiger partial charge in [0.15, 0.2) is 0 Å². The molecule has 0 saturated carbocycles. The molecule has 0 aliphatic heterocycles. The maximum Gasteiger partial charge on any atom is 0.240 e. The Balaban J connectivity index is 0.00000196. The summed E-state index contributed by atoms with van der Waals surface area (Å²) < 4.78 is 25.8. The Labute approximate surface area is 110 Å². The van der Waals surface area contributed by atoms with Gasteiger partial charge >= 0.3 is 0 Å². The van der Waals surface area contributed by atoms with Crippen LogP contribution in [0.25, 0.3) is 0 Å². The molecule has 15 heavy (non-hydrogen) atoms. The van der Waals surface area contributed by atoms with Crippen molar-refractivity contribution in [1.29, 1.82) is 0 Å². The Hall–Kier alpha value is 0.290. The highest BCUT2D eigenvalue weighted by Gasteiger charge is 2.15. The normalized spacial score (nSPS) is 12.4. The lowest BCUT2D eigenvalue weighted by Gasteiger charge is -2.13. The first kappa shape index (κ1) is 15.3. The molecule has 0 unspecified atom stereocenters. The summed E-state index contributed by atoms with van der Waals surface area (Å²) in [5.74, 6) is 0. The molecule has 1 nitrogen and oxygen atoms in total. The molecular weight excluding hydrogens is 355 g/mol. The summed E-state index contributed by atoms with van der Waals surface area (Å²) in [5.41, 5.74) is 6.33. The average molecular weight is 365 g/mol. The molecule has 1 atom stereocenters. The summed E-state index contributed by atoms with van der Waals surface area (Å²) in [4.78, 5) is 0. The highest BCUT2D eigenvalue weighted by molar-refractivity contribution is 9.11. The second-order valence-electron chi connectivity index (χ2n) is 2.90. The summed E-state index contributed by atoms with van der Waals surface area (Å²) in [7, 11) is 0. The van der Waals surface area contributed by atoms with Crippen LogP contribution in [-0.2, 0) is 0 Å². The molecule has 0 fully saturated rings. The van der Waals surface area contributed by atoms with Crippen LogP contribution in [-0.4, -0.2) is 6.43 Å². The van der Waals surface area contributed by atoms with E-state index >= 15 is 0 Å². The average Bonchev–Trinajstić information content (AvgIpc) is 2.08. The molecule has 0 spiro atoms. The molecule has 0 aromatic heterocycles. The van der Waals surface area contributed by atoms with Crippen molar-refractivity contribution in [3.05, 3.63) is 32.7 Å². The molecule has 1 aromatic rings. The number of hydrogen-bond acceptors (Lipinski definition) is 1. The van der Waals surface area contributed by atoms with Gasteiger partial charge in [-0.1, -0.05) is 31.9 Å². The van der Waals surface area contributed by atoms with Crippen molar-refractivity contribution in [3.63, 3.8) is 0 Å². The summed E-state index contributed by atoms with van der Waals surface area (Å²) in [6, 6.07) is 4.71. The van der Waals surface area contributed by atoms with Crippen molar-refractivity contribution in [2.45, 2.75) is 18.9 Å². The maximum absolute atomic E-state index is 12.1. The standard InChI is InChI=1S/C9H9Br2F2N.ClH/c10-5-1-2-7(11)6(3-5)8(14)4-9(12)13;/h1-3,8-9H,4,14H2;1H/t8-;/m1./s1. The van der Waals surface area contributed by atoms with E-state index in [0.29, 0.717) is 5.56 Å². The maximum atomic E-state index is 12.1. The minimum Gasteiger partial charge on any atom is -0.324 e. The van der Waals surface area contributed by atoms with Gasteiger partial charge in [-0.15, -0.1) is 12.4 Å². The van der Waals surface area contributed by atoms with E-state index in [9.17, 15) is 8.78 Å². The van der Waals surface area contributed by atoms with Crippen LogP contribution in [0.4, 0.5) is 8.78 Å². The molecular formula is C9H10Br2ClF2N. The molecule has 1 rings (SSSR count). The molecule has 86 valence electrons. The molecule has 0 saturated heterocycles. The molecule has 0 radical (unpaired) electrons. The van der Waals surface area contributed by atoms with Gasteiger partial charge in [0.05, 0.1) is 0 Å². The largest absolute Gasteiger partial charge is 0.324 e. The minimum absolute atomic E-state index is 0. The van der Waals surface area contributed by atoms with E-state index in [4.69, 9.17) is 5.73 Å². The van der Waals surface area contributed by atoms with Gasteiger partial charge in [-0.2, -0.15) is 0 Å². The molecule has 0 aliphatic rings. The van der Waals surface area contributed by atoms with Gasteiger partial charge in [0.2, 0.25) is 6.43 Å². The second kappa shape index (κ2) is 6.78. The Bertz CT molecular complexity index is 323. The first-order valence-corrected chi connectivity index (χ1v) is 5.58. The molecule has 2 N–H and O–H groups in total. The predicted molar refractivity (Wildman–Crippen MR) is 66.6 cm³/mol. The number of hydrogen-bond donors (Lipinski definition) is 1. The lowest BCUT2D eigenvalue weighted by molar-refractivity contribution is 0.128. The van der Waals surface area contributed by atoms with Crippen LogP contribution >= 0.6 is 44.3 Å². The third kappa shape index (κ3) is 4.76. The SMILES string of the molecule is Cl.N[C@H](CC(F)F)c1cc(Br)ccc1Br. The zero-order chi connectivity index (χ0) is 10.7. The first-order chi connectivity index (χ1) is 6.50. The third-order valence-corrected chi connectivity index (χ3v) is 3.01. The lowest BCUT2D eigenvalue weighted by atomic mass is 10.1. The van der Waals surface area contributed by atoms with Crippen LogP contribution in [0, 0.1) is 0 Å². The zero-order valence-electron chi connectivity index (χ0n) is 7.59. The molecule has 0 heterocycles. The highest BCUT2D eigenvalue weighted by atomic mass is 79.9. The molecule has 0 aliphatic carbocycles.